The van der Waals surface area contributed by atoms with Gasteiger partial charge in [-0.2, -0.15) is 0 Å². The number of carbonyl (C=O) groups is 2. The van der Waals surface area contributed by atoms with Crippen LogP contribution in [0.15, 0.2) is 69.6 Å². The molecule has 0 saturated carbocycles. The topological polar surface area (TPSA) is 71.3 Å². The predicted molar refractivity (Wildman–Crippen MR) is 116 cm³/mol. The van der Waals surface area contributed by atoms with Gasteiger partial charge in [-0.25, -0.2) is 4.39 Å². The van der Waals surface area contributed by atoms with Crippen molar-refractivity contribution in [3.63, 3.8) is 0 Å². The van der Waals surface area contributed by atoms with E-state index in [1.54, 1.807) is 0 Å². The van der Waals surface area contributed by atoms with Gasteiger partial charge in [0, 0.05) is 15.7 Å². The van der Waals surface area contributed by atoms with Gasteiger partial charge in [-0.3, -0.25) is 9.59 Å². The van der Waals surface area contributed by atoms with Gasteiger partial charge in [0.1, 0.15) is 17.3 Å². The molecule has 3 aromatic rings. The van der Waals surface area contributed by atoms with E-state index < -0.39 is 0 Å². The summed E-state index contributed by atoms with van der Waals surface area (Å²) in [5, 5.41) is 5.41. The standard InChI is InChI=1S/C21H18BrFN2O3S/c22-15-3-1-14(2-4-15)19-10-9-18(28-19)11-24-20(26)12-29-13-21(27)25-17-7-5-16(23)6-8-17/h1-10H,11-13H2,(H,24,26)(H,25,27). The highest BCUT2D eigenvalue weighted by Gasteiger charge is 2.09. The SMILES string of the molecule is O=C(CSCC(=O)Nc1ccc(F)cc1)NCc1ccc(-c2ccc(Br)cc2)o1. The Morgan fingerprint density at radius 3 is 2.34 bits per heavy atom. The van der Waals surface area contributed by atoms with Crippen LogP contribution in [0.5, 0.6) is 0 Å². The van der Waals surface area contributed by atoms with Gasteiger partial charge in [-0.15, -0.1) is 11.8 Å². The zero-order valence-corrected chi connectivity index (χ0v) is 17.7. The van der Waals surface area contributed by atoms with Gasteiger partial charge >= 0.3 is 0 Å². The molecule has 3 rings (SSSR count). The molecule has 1 heterocycles. The molecule has 0 atom stereocenters. The molecular weight excluding hydrogens is 459 g/mol. The second-order valence-electron chi connectivity index (χ2n) is 6.10. The number of rotatable bonds is 8. The normalized spacial score (nSPS) is 10.6. The minimum absolute atomic E-state index is 0.124. The molecule has 0 aliphatic carbocycles. The van der Waals surface area contributed by atoms with E-state index in [-0.39, 0.29) is 35.7 Å². The second-order valence-corrected chi connectivity index (χ2v) is 8.00. The molecule has 2 amide bonds. The maximum Gasteiger partial charge on any atom is 0.234 e. The Kier molecular flexibility index (Phi) is 7.48. The molecule has 0 spiro atoms. The van der Waals surface area contributed by atoms with Gasteiger partial charge in [0.15, 0.2) is 0 Å². The summed E-state index contributed by atoms with van der Waals surface area (Å²) in [6, 6.07) is 16.9. The lowest BCUT2D eigenvalue weighted by Crippen LogP contribution is -2.25. The van der Waals surface area contributed by atoms with Crippen LogP contribution in [0.3, 0.4) is 0 Å². The fourth-order valence-electron chi connectivity index (χ4n) is 2.45. The lowest BCUT2D eigenvalue weighted by atomic mass is 10.2. The third-order valence-electron chi connectivity index (χ3n) is 3.84. The summed E-state index contributed by atoms with van der Waals surface area (Å²) in [7, 11) is 0. The van der Waals surface area contributed by atoms with Gasteiger partial charge in [0.05, 0.1) is 18.1 Å². The molecule has 2 aromatic carbocycles. The summed E-state index contributed by atoms with van der Waals surface area (Å²) in [5.41, 5.74) is 1.47. The van der Waals surface area contributed by atoms with Gasteiger partial charge in [-0.1, -0.05) is 28.1 Å². The number of anilines is 1. The molecule has 8 heteroatoms. The maximum absolute atomic E-state index is 12.8. The number of hydrogen-bond acceptors (Lipinski definition) is 4. The number of benzene rings is 2. The highest BCUT2D eigenvalue weighted by molar-refractivity contribution is 9.10. The Morgan fingerprint density at radius 1 is 0.931 bits per heavy atom. The Morgan fingerprint density at radius 2 is 1.62 bits per heavy atom. The molecule has 1 aromatic heterocycles. The number of halogens is 2. The van der Waals surface area contributed by atoms with Crippen LogP contribution in [0.25, 0.3) is 11.3 Å². The lowest BCUT2D eigenvalue weighted by Gasteiger charge is -2.06. The molecular formula is C21H18BrFN2O3S. The molecule has 2 N–H and O–H groups in total. The Balaban J connectivity index is 1.37. The molecule has 0 fully saturated rings. The van der Waals surface area contributed by atoms with Crippen LogP contribution in [-0.4, -0.2) is 23.3 Å². The summed E-state index contributed by atoms with van der Waals surface area (Å²) in [5.74, 6) is 0.848. The van der Waals surface area contributed by atoms with Crippen LogP contribution >= 0.6 is 27.7 Å². The quantitative estimate of drug-likeness (QED) is 0.488. The first-order valence-electron chi connectivity index (χ1n) is 8.74. The smallest absolute Gasteiger partial charge is 0.234 e. The van der Waals surface area contributed by atoms with Crippen molar-refractivity contribution in [1.29, 1.82) is 0 Å². The molecule has 5 nitrogen and oxygen atoms in total. The van der Waals surface area contributed by atoms with Crippen LogP contribution in [-0.2, 0) is 16.1 Å². The summed E-state index contributed by atoms with van der Waals surface area (Å²) in [6.45, 7) is 0.275. The summed E-state index contributed by atoms with van der Waals surface area (Å²) in [6.07, 6.45) is 0. The van der Waals surface area contributed by atoms with Crippen molar-refractivity contribution in [1.82, 2.24) is 5.32 Å². The maximum atomic E-state index is 12.8. The van der Waals surface area contributed by atoms with Crippen molar-refractivity contribution in [2.75, 3.05) is 16.8 Å². The van der Waals surface area contributed by atoms with E-state index in [9.17, 15) is 14.0 Å². The van der Waals surface area contributed by atoms with Crippen molar-refractivity contribution in [3.8, 4) is 11.3 Å². The first kappa shape index (κ1) is 21.1. The fraction of sp³-hybridized carbons (Fsp3) is 0.143. The van der Waals surface area contributed by atoms with Crippen LogP contribution in [0, 0.1) is 5.82 Å². The number of hydrogen-bond donors (Lipinski definition) is 2. The molecule has 0 saturated heterocycles. The van der Waals surface area contributed by atoms with Crippen molar-refractivity contribution in [2.24, 2.45) is 0 Å². The van der Waals surface area contributed by atoms with Crippen molar-refractivity contribution >= 4 is 45.2 Å². The average molecular weight is 477 g/mol. The van der Waals surface area contributed by atoms with E-state index in [0.717, 1.165) is 15.8 Å². The van der Waals surface area contributed by atoms with E-state index in [2.05, 4.69) is 26.6 Å². The molecule has 0 aliphatic rings. The second kappa shape index (κ2) is 10.3. The highest BCUT2D eigenvalue weighted by atomic mass is 79.9. The summed E-state index contributed by atoms with van der Waals surface area (Å²) < 4.78 is 19.6. The van der Waals surface area contributed by atoms with Crippen molar-refractivity contribution in [2.45, 2.75) is 6.54 Å². The first-order valence-corrected chi connectivity index (χ1v) is 10.7. The number of nitrogens with one attached hydrogen (secondary N) is 2. The highest BCUT2D eigenvalue weighted by Crippen LogP contribution is 2.24. The minimum Gasteiger partial charge on any atom is -0.459 e. The number of carbonyl (C=O) groups excluding carboxylic acids is 2. The molecule has 150 valence electrons. The molecule has 0 radical (unpaired) electrons. The summed E-state index contributed by atoms with van der Waals surface area (Å²) >= 11 is 4.59. The predicted octanol–water partition coefficient (Wildman–Crippen LogP) is 4.84. The number of furan rings is 1. The van der Waals surface area contributed by atoms with E-state index >= 15 is 0 Å². The zero-order valence-electron chi connectivity index (χ0n) is 15.3. The Bertz CT molecular complexity index is 974. The van der Waals surface area contributed by atoms with Gasteiger partial charge in [0.2, 0.25) is 11.8 Å². The van der Waals surface area contributed by atoms with Gasteiger partial charge < -0.3 is 15.1 Å². The van der Waals surface area contributed by atoms with E-state index in [4.69, 9.17) is 4.42 Å². The van der Waals surface area contributed by atoms with E-state index in [1.165, 1.54) is 36.0 Å². The van der Waals surface area contributed by atoms with Crippen molar-refractivity contribution in [3.05, 3.63) is 76.7 Å². The number of thioether (sulfide) groups is 1. The molecule has 0 unspecified atom stereocenters. The first-order chi connectivity index (χ1) is 14.0. The Hall–Kier alpha value is -2.58. The summed E-state index contributed by atoms with van der Waals surface area (Å²) in [4.78, 5) is 23.8. The van der Waals surface area contributed by atoms with E-state index in [1.807, 2.05) is 36.4 Å². The monoisotopic (exact) mass is 476 g/mol. The third kappa shape index (κ3) is 6.76. The van der Waals surface area contributed by atoms with Crippen LogP contribution in [0.2, 0.25) is 0 Å². The van der Waals surface area contributed by atoms with Gasteiger partial charge in [-0.05, 0) is 48.5 Å². The van der Waals surface area contributed by atoms with Crippen LogP contribution in [0.4, 0.5) is 10.1 Å². The van der Waals surface area contributed by atoms with Crippen LogP contribution in [0.1, 0.15) is 5.76 Å². The lowest BCUT2D eigenvalue weighted by molar-refractivity contribution is -0.118. The largest absolute Gasteiger partial charge is 0.459 e. The molecule has 0 aliphatic heterocycles. The average Bonchev–Trinajstić information content (AvgIpc) is 3.18. The van der Waals surface area contributed by atoms with Crippen molar-refractivity contribution < 1.29 is 18.4 Å². The van der Waals surface area contributed by atoms with E-state index in [0.29, 0.717) is 11.4 Å². The molecule has 0 bridgehead atoms. The molecule has 29 heavy (non-hydrogen) atoms. The third-order valence-corrected chi connectivity index (χ3v) is 5.31. The zero-order chi connectivity index (χ0) is 20.6. The van der Waals surface area contributed by atoms with Gasteiger partial charge in [0.25, 0.3) is 0 Å². The number of amides is 2. The Labute approximate surface area is 180 Å². The fourth-order valence-corrected chi connectivity index (χ4v) is 3.36. The minimum atomic E-state index is -0.366. The van der Waals surface area contributed by atoms with Crippen LogP contribution < -0.4 is 10.6 Å².